The van der Waals surface area contributed by atoms with Gasteiger partial charge in [-0.2, -0.15) is 0 Å². The van der Waals surface area contributed by atoms with Crippen LogP contribution in [0.1, 0.15) is 13.8 Å². The van der Waals surface area contributed by atoms with Gasteiger partial charge < -0.3 is 15.8 Å². The van der Waals surface area contributed by atoms with Crippen molar-refractivity contribution in [2.45, 2.75) is 24.5 Å². The summed E-state index contributed by atoms with van der Waals surface area (Å²) in [5, 5.41) is 3.93. The Morgan fingerprint density at radius 1 is 1.50 bits per heavy atom. The van der Waals surface area contributed by atoms with Crippen LogP contribution in [0.2, 0.25) is 0 Å². The molecule has 0 saturated heterocycles. The zero-order valence-electron chi connectivity index (χ0n) is 10.1. The van der Waals surface area contributed by atoms with Crippen molar-refractivity contribution in [2.24, 2.45) is 0 Å². The lowest BCUT2D eigenvalue weighted by Gasteiger charge is -2.26. The summed E-state index contributed by atoms with van der Waals surface area (Å²) in [5.41, 5.74) is 5.50. The van der Waals surface area contributed by atoms with Crippen LogP contribution in [0.5, 0.6) is 0 Å². The molecule has 0 aliphatic carbocycles. The summed E-state index contributed by atoms with van der Waals surface area (Å²) < 4.78 is 5.12. The summed E-state index contributed by atoms with van der Waals surface area (Å²) in [6, 6.07) is 1.72. The van der Waals surface area contributed by atoms with Crippen LogP contribution in [-0.2, 0) is 4.74 Å². The fraction of sp³-hybridized carbons (Fsp3) is 0.600. The molecule has 0 aliphatic rings. The lowest BCUT2D eigenvalue weighted by atomic mass is 10.1. The highest BCUT2D eigenvalue weighted by Crippen LogP contribution is 2.18. The molecule has 0 fully saturated rings. The molecule has 1 rings (SSSR count). The average Bonchev–Trinajstić information content (AvgIpc) is 2.15. The molecule has 0 aliphatic heterocycles. The predicted molar refractivity (Wildman–Crippen MR) is 67.8 cm³/mol. The van der Waals surface area contributed by atoms with Crippen LogP contribution in [0.15, 0.2) is 11.2 Å². The second kappa shape index (κ2) is 5.36. The van der Waals surface area contributed by atoms with Crippen LogP contribution in [0, 0.1) is 0 Å². The molecule has 0 bridgehead atoms. The maximum absolute atomic E-state index is 5.69. The lowest BCUT2D eigenvalue weighted by Crippen LogP contribution is -2.36. The zero-order valence-corrected chi connectivity index (χ0v) is 10.9. The van der Waals surface area contributed by atoms with E-state index in [0.717, 1.165) is 5.82 Å². The van der Waals surface area contributed by atoms with Gasteiger partial charge >= 0.3 is 0 Å². The molecular weight excluding hydrogens is 224 g/mol. The molecule has 6 heteroatoms. The van der Waals surface area contributed by atoms with Gasteiger partial charge in [-0.05, 0) is 20.1 Å². The van der Waals surface area contributed by atoms with Gasteiger partial charge in [0.1, 0.15) is 11.6 Å². The monoisotopic (exact) mass is 242 g/mol. The minimum absolute atomic E-state index is 0.189. The van der Waals surface area contributed by atoms with E-state index >= 15 is 0 Å². The number of rotatable bonds is 5. The van der Waals surface area contributed by atoms with Gasteiger partial charge in [0.25, 0.3) is 0 Å². The van der Waals surface area contributed by atoms with E-state index in [1.807, 2.05) is 20.1 Å². The first-order valence-corrected chi connectivity index (χ1v) is 6.15. The Kier molecular flexibility index (Phi) is 4.37. The molecule has 1 aromatic heterocycles. The Bertz CT molecular complexity index is 357. The first-order chi connectivity index (χ1) is 7.46. The maximum atomic E-state index is 5.69. The Morgan fingerprint density at radius 2 is 2.19 bits per heavy atom. The van der Waals surface area contributed by atoms with E-state index in [9.17, 15) is 0 Å². The van der Waals surface area contributed by atoms with Crippen LogP contribution in [0.3, 0.4) is 0 Å². The number of thioether (sulfide) groups is 1. The largest absolute Gasteiger partial charge is 0.383 e. The Hall–Kier alpha value is -1.01. The summed E-state index contributed by atoms with van der Waals surface area (Å²) in [6.45, 7) is 4.66. The van der Waals surface area contributed by atoms with Gasteiger partial charge in [-0.1, -0.05) is 11.8 Å². The number of nitrogens with two attached hydrogens (primary N) is 1. The van der Waals surface area contributed by atoms with E-state index in [0.29, 0.717) is 17.6 Å². The summed E-state index contributed by atoms with van der Waals surface area (Å²) in [6.07, 6.45) is 1.92. The average molecular weight is 242 g/mol. The fourth-order valence-corrected chi connectivity index (χ4v) is 1.73. The second-order valence-electron chi connectivity index (χ2n) is 4.11. The summed E-state index contributed by atoms with van der Waals surface area (Å²) >= 11 is 1.46. The molecule has 16 heavy (non-hydrogen) atoms. The minimum Gasteiger partial charge on any atom is -0.383 e. The van der Waals surface area contributed by atoms with E-state index in [2.05, 4.69) is 15.3 Å². The highest BCUT2D eigenvalue weighted by atomic mass is 32.2. The number of aromatic nitrogens is 2. The van der Waals surface area contributed by atoms with Crippen molar-refractivity contribution in [1.82, 2.24) is 9.97 Å². The number of ether oxygens (including phenoxy) is 1. The fourth-order valence-electron chi connectivity index (χ4n) is 1.34. The highest BCUT2D eigenvalue weighted by Gasteiger charge is 2.18. The second-order valence-corrected chi connectivity index (χ2v) is 4.88. The highest BCUT2D eigenvalue weighted by molar-refractivity contribution is 7.98. The van der Waals surface area contributed by atoms with Gasteiger partial charge in [-0.3, -0.25) is 0 Å². The molecule has 1 aromatic rings. The quantitative estimate of drug-likeness (QED) is 0.604. The summed E-state index contributed by atoms with van der Waals surface area (Å²) in [5.74, 6) is 1.19. The molecule has 0 spiro atoms. The smallest absolute Gasteiger partial charge is 0.191 e. The summed E-state index contributed by atoms with van der Waals surface area (Å²) in [4.78, 5) is 8.41. The van der Waals surface area contributed by atoms with Crippen LogP contribution in [-0.4, -0.2) is 35.5 Å². The molecule has 0 saturated carbocycles. The minimum atomic E-state index is -0.189. The topological polar surface area (TPSA) is 73.1 Å². The van der Waals surface area contributed by atoms with Gasteiger partial charge in [-0.25, -0.2) is 9.97 Å². The number of nitrogen functional groups attached to an aromatic ring is 1. The summed E-state index contributed by atoms with van der Waals surface area (Å²) in [7, 11) is 1.67. The van der Waals surface area contributed by atoms with Crippen molar-refractivity contribution >= 4 is 23.4 Å². The molecule has 90 valence electrons. The third-order valence-corrected chi connectivity index (χ3v) is 2.43. The van der Waals surface area contributed by atoms with Crippen molar-refractivity contribution in [3.05, 3.63) is 6.07 Å². The van der Waals surface area contributed by atoms with Crippen LogP contribution in [0.4, 0.5) is 11.6 Å². The number of anilines is 2. The maximum Gasteiger partial charge on any atom is 0.191 e. The molecule has 0 unspecified atom stereocenters. The van der Waals surface area contributed by atoms with Gasteiger partial charge in [0.05, 0.1) is 12.1 Å². The van der Waals surface area contributed by atoms with Gasteiger partial charge in [0.15, 0.2) is 5.16 Å². The van der Waals surface area contributed by atoms with Crippen LogP contribution >= 0.6 is 11.8 Å². The van der Waals surface area contributed by atoms with E-state index < -0.39 is 0 Å². The van der Waals surface area contributed by atoms with Crippen molar-refractivity contribution in [1.29, 1.82) is 0 Å². The van der Waals surface area contributed by atoms with Crippen molar-refractivity contribution in [2.75, 3.05) is 31.0 Å². The lowest BCUT2D eigenvalue weighted by molar-refractivity contribution is 0.158. The van der Waals surface area contributed by atoms with Gasteiger partial charge in [-0.15, -0.1) is 0 Å². The van der Waals surface area contributed by atoms with Crippen molar-refractivity contribution in [3.8, 4) is 0 Å². The molecule has 0 atom stereocenters. The molecule has 0 aromatic carbocycles. The van der Waals surface area contributed by atoms with E-state index in [1.165, 1.54) is 11.8 Å². The van der Waals surface area contributed by atoms with Gasteiger partial charge in [0, 0.05) is 13.2 Å². The number of methoxy groups -OCH3 is 1. The van der Waals surface area contributed by atoms with Gasteiger partial charge in [0.2, 0.25) is 0 Å². The molecule has 5 nitrogen and oxygen atoms in total. The standard InChI is InChI=1S/C10H18N4OS/c1-10(2,6-15-3)14-8-5-7(11)12-9(13-8)16-4/h5H,6H2,1-4H3,(H3,11,12,13,14). The third-order valence-electron chi connectivity index (χ3n) is 1.88. The predicted octanol–water partition coefficient (Wildman–Crippen LogP) is 1.62. The zero-order chi connectivity index (χ0) is 12.2. The first-order valence-electron chi connectivity index (χ1n) is 4.92. The van der Waals surface area contributed by atoms with E-state index in [1.54, 1.807) is 13.2 Å². The third kappa shape index (κ3) is 3.86. The molecule has 0 amide bonds. The van der Waals surface area contributed by atoms with Crippen LogP contribution < -0.4 is 11.1 Å². The van der Waals surface area contributed by atoms with E-state index in [-0.39, 0.29) is 5.54 Å². The number of hydrogen-bond acceptors (Lipinski definition) is 6. The molecule has 0 radical (unpaired) electrons. The molecule has 1 heterocycles. The normalized spacial score (nSPS) is 11.5. The first kappa shape index (κ1) is 13.1. The Morgan fingerprint density at radius 3 is 2.75 bits per heavy atom. The number of hydrogen-bond donors (Lipinski definition) is 2. The van der Waals surface area contributed by atoms with Crippen molar-refractivity contribution < 1.29 is 4.74 Å². The van der Waals surface area contributed by atoms with Crippen molar-refractivity contribution in [3.63, 3.8) is 0 Å². The molecule has 3 N–H and O–H groups in total. The Balaban J connectivity index is 2.84. The van der Waals surface area contributed by atoms with Crippen LogP contribution in [0.25, 0.3) is 0 Å². The number of nitrogens with zero attached hydrogens (tertiary/aromatic N) is 2. The molecular formula is C10H18N4OS. The Labute approximate surface area is 100 Å². The van der Waals surface area contributed by atoms with E-state index in [4.69, 9.17) is 10.5 Å². The number of nitrogens with one attached hydrogen (secondary N) is 1. The SMILES string of the molecule is COCC(C)(C)Nc1cc(N)nc(SC)n1.